The number of hydrogen-bond acceptors (Lipinski definition) is 2. The summed E-state index contributed by atoms with van der Waals surface area (Å²) in [5.74, 6) is 0.546. The van der Waals surface area contributed by atoms with Crippen molar-refractivity contribution in [3.8, 4) is 0 Å². The molecule has 72 valence electrons. The van der Waals surface area contributed by atoms with E-state index >= 15 is 0 Å². The van der Waals surface area contributed by atoms with Crippen molar-refractivity contribution < 1.29 is 9.13 Å². The van der Waals surface area contributed by atoms with Crippen LogP contribution >= 0.6 is 0 Å². The molecule has 1 atom stereocenters. The number of ether oxygens (including phenoxy) is 1. The number of halogens is 1. The van der Waals surface area contributed by atoms with Crippen LogP contribution < -0.4 is 5.73 Å². The van der Waals surface area contributed by atoms with Gasteiger partial charge in [-0.2, -0.15) is 0 Å². The molecule has 0 bridgehead atoms. The molecule has 0 amide bonds. The molecule has 0 aromatic rings. The fourth-order valence-corrected chi connectivity index (χ4v) is 1.60. The van der Waals surface area contributed by atoms with Crippen LogP contribution in [-0.2, 0) is 4.74 Å². The Bertz CT molecular complexity index is 145. The molecule has 0 aliphatic carbocycles. The van der Waals surface area contributed by atoms with Crippen LogP contribution in [0.2, 0.25) is 0 Å². The molecule has 12 heavy (non-hydrogen) atoms. The fourth-order valence-electron chi connectivity index (χ4n) is 1.60. The molecule has 0 aromatic heterocycles. The van der Waals surface area contributed by atoms with E-state index in [2.05, 4.69) is 13.8 Å². The van der Waals surface area contributed by atoms with Gasteiger partial charge in [-0.15, -0.1) is 0 Å². The molecule has 3 heteroatoms. The van der Waals surface area contributed by atoms with Gasteiger partial charge in [-0.25, -0.2) is 4.39 Å². The van der Waals surface area contributed by atoms with Gasteiger partial charge in [0.1, 0.15) is 0 Å². The van der Waals surface area contributed by atoms with E-state index in [1.165, 1.54) is 0 Å². The predicted molar refractivity (Wildman–Crippen MR) is 46.7 cm³/mol. The van der Waals surface area contributed by atoms with Crippen molar-refractivity contribution >= 4 is 0 Å². The Balaban J connectivity index is 2.20. The molecule has 2 N–H and O–H groups in total. The summed E-state index contributed by atoms with van der Waals surface area (Å²) < 4.78 is 18.2. The molecule has 0 aromatic carbocycles. The van der Waals surface area contributed by atoms with Crippen molar-refractivity contribution in [2.75, 3.05) is 13.2 Å². The average Bonchev–Trinajstić information content (AvgIpc) is 1.81. The summed E-state index contributed by atoms with van der Waals surface area (Å²) in [4.78, 5) is 0. The highest BCUT2D eigenvalue weighted by molar-refractivity contribution is 4.89. The second kappa shape index (κ2) is 3.71. The van der Waals surface area contributed by atoms with Crippen LogP contribution in [0.4, 0.5) is 4.39 Å². The van der Waals surface area contributed by atoms with Crippen LogP contribution in [0, 0.1) is 5.92 Å². The zero-order valence-electron chi connectivity index (χ0n) is 7.85. The van der Waals surface area contributed by atoms with Gasteiger partial charge >= 0.3 is 0 Å². The normalized spacial score (nSPS) is 23.8. The standard InChI is InChI=1S/C9H18FNO/c1-7(2)3-8(11)4-9(10)5-12-6-9/h7-8H,3-6,11H2,1-2H3/t8-/m0/s1. The minimum atomic E-state index is -1.12. The third-order valence-electron chi connectivity index (χ3n) is 2.12. The summed E-state index contributed by atoms with van der Waals surface area (Å²) in [6.07, 6.45) is 1.34. The van der Waals surface area contributed by atoms with Crippen LogP contribution in [0.15, 0.2) is 0 Å². The highest BCUT2D eigenvalue weighted by Gasteiger charge is 2.39. The molecule has 0 unspecified atom stereocenters. The van der Waals surface area contributed by atoms with Gasteiger partial charge in [0, 0.05) is 12.5 Å². The van der Waals surface area contributed by atoms with E-state index in [4.69, 9.17) is 10.5 Å². The lowest BCUT2D eigenvalue weighted by atomic mass is 9.91. The maximum Gasteiger partial charge on any atom is 0.158 e. The van der Waals surface area contributed by atoms with Gasteiger partial charge in [0.25, 0.3) is 0 Å². The van der Waals surface area contributed by atoms with Gasteiger partial charge in [0.2, 0.25) is 0 Å². The zero-order chi connectivity index (χ0) is 9.19. The number of nitrogens with two attached hydrogens (primary N) is 1. The summed E-state index contributed by atoms with van der Waals surface area (Å²) in [5.41, 5.74) is 4.66. The van der Waals surface area contributed by atoms with Crippen molar-refractivity contribution in [2.24, 2.45) is 11.7 Å². The Morgan fingerprint density at radius 1 is 1.50 bits per heavy atom. The molecule has 1 fully saturated rings. The number of hydrogen-bond donors (Lipinski definition) is 1. The molecule has 1 rings (SSSR count). The summed E-state index contributed by atoms with van der Waals surface area (Å²) in [6, 6.07) is -0.0149. The molecule has 1 saturated heterocycles. The zero-order valence-corrected chi connectivity index (χ0v) is 7.85. The molecule has 2 nitrogen and oxygen atoms in total. The minimum Gasteiger partial charge on any atom is -0.375 e. The quantitative estimate of drug-likeness (QED) is 0.702. The lowest BCUT2D eigenvalue weighted by molar-refractivity contribution is -0.136. The van der Waals surface area contributed by atoms with E-state index in [9.17, 15) is 4.39 Å². The van der Waals surface area contributed by atoms with Crippen molar-refractivity contribution in [1.82, 2.24) is 0 Å². The monoisotopic (exact) mass is 175 g/mol. The third-order valence-corrected chi connectivity index (χ3v) is 2.12. The molecule has 0 saturated carbocycles. The van der Waals surface area contributed by atoms with E-state index in [-0.39, 0.29) is 19.3 Å². The SMILES string of the molecule is CC(C)C[C@H](N)CC1(F)COC1. The van der Waals surface area contributed by atoms with E-state index < -0.39 is 5.67 Å². The summed E-state index contributed by atoms with van der Waals surface area (Å²) in [5, 5.41) is 0. The fraction of sp³-hybridized carbons (Fsp3) is 1.00. The lowest BCUT2D eigenvalue weighted by Gasteiger charge is -2.35. The first-order chi connectivity index (χ1) is 5.52. The molecule has 1 aliphatic heterocycles. The highest BCUT2D eigenvalue weighted by Crippen LogP contribution is 2.28. The third kappa shape index (κ3) is 2.72. The summed E-state index contributed by atoms with van der Waals surface area (Å²) in [6.45, 7) is 4.67. The molecule has 1 heterocycles. The van der Waals surface area contributed by atoms with Crippen molar-refractivity contribution in [2.45, 2.75) is 38.4 Å². The van der Waals surface area contributed by atoms with Gasteiger partial charge < -0.3 is 10.5 Å². The van der Waals surface area contributed by atoms with E-state index in [0.717, 1.165) is 6.42 Å². The highest BCUT2D eigenvalue weighted by atomic mass is 19.1. The molecule has 1 aliphatic rings. The van der Waals surface area contributed by atoms with Gasteiger partial charge in [-0.3, -0.25) is 0 Å². The van der Waals surface area contributed by atoms with Crippen LogP contribution in [0.25, 0.3) is 0 Å². The van der Waals surface area contributed by atoms with E-state index in [1.807, 2.05) is 0 Å². The van der Waals surface area contributed by atoms with E-state index in [0.29, 0.717) is 12.3 Å². The van der Waals surface area contributed by atoms with Crippen LogP contribution in [0.5, 0.6) is 0 Å². The Labute approximate surface area is 73.3 Å². The van der Waals surface area contributed by atoms with Gasteiger partial charge in [-0.1, -0.05) is 13.8 Å². The predicted octanol–water partition coefficient (Wildman–Crippen LogP) is 1.49. The first-order valence-corrected chi connectivity index (χ1v) is 4.54. The summed E-state index contributed by atoms with van der Waals surface area (Å²) in [7, 11) is 0. The second-order valence-electron chi connectivity index (χ2n) is 4.24. The molecular weight excluding hydrogens is 157 g/mol. The summed E-state index contributed by atoms with van der Waals surface area (Å²) >= 11 is 0. The van der Waals surface area contributed by atoms with E-state index in [1.54, 1.807) is 0 Å². The molecular formula is C9H18FNO. The topological polar surface area (TPSA) is 35.2 Å². The maximum atomic E-state index is 13.4. The van der Waals surface area contributed by atoms with Crippen molar-refractivity contribution in [1.29, 1.82) is 0 Å². The first kappa shape index (κ1) is 9.93. The van der Waals surface area contributed by atoms with Crippen molar-refractivity contribution in [3.63, 3.8) is 0 Å². The smallest absolute Gasteiger partial charge is 0.158 e. The maximum absolute atomic E-state index is 13.4. The van der Waals surface area contributed by atoms with Gasteiger partial charge in [-0.05, 0) is 12.3 Å². The van der Waals surface area contributed by atoms with Crippen LogP contribution in [-0.4, -0.2) is 24.9 Å². The Morgan fingerprint density at radius 3 is 2.42 bits per heavy atom. The van der Waals surface area contributed by atoms with Crippen LogP contribution in [0.3, 0.4) is 0 Å². The number of alkyl halides is 1. The van der Waals surface area contributed by atoms with Gasteiger partial charge in [0.05, 0.1) is 13.2 Å². The lowest BCUT2D eigenvalue weighted by Crippen LogP contribution is -2.49. The largest absolute Gasteiger partial charge is 0.375 e. The average molecular weight is 175 g/mol. The Hall–Kier alpha value is -0.150. The van der Waals surface area contributed by atoms with Gasteiger partial charge in [0.15, 0.2) is 5.67 Å². The van der Waals surface area contributed by atoms with Crippen LogP contribution in [0.1, 0.15) is 26.7 Å². The number of rotatable bonds is 4. The molecule has 0 radical (unpaired) electrons. The Kier molecular flexibility index (Phi) is 3.07. The molecule has 0 spiro atoms. The second-order valence-corrected chi connectivity index (χ2v) is 4.24. The Morgan fingerprint density at radius 2 is 2.08 bits per heavy atom. The van der Waals surface area contributed by atoms with Crippen molar-refractivity contribution in [3.05, 3.63) is 0 Å². The first-order valence-electron chi connectivity index (χ1n) is 4.54. The minimum absolute atomic E-state index is 0.0149.